The highest BCUT2D eigenvalue weighted by Crippen LogP contribution is 2.38. The fraction of sp³-hybridized carbons (Fsp3) is 0.118. The first-order chi connectivity index (χ1) is 10.2. The molecule has 0 amide bonds. The summed E-state index contributed by atoms with van der Waals surface area (Å²) < 4.78 is 5.85. The second kappa shape index (κ2) is 5.58. The molecule has 4 heteroatoms. The summed E-state index contributed by atoms with van der Waals surface area (Å²) in [5.74, 6) is -0.307. The summed E-state index contributed by atoms with van der Waals surface area (Å²) >= 11 is 1.55. The minimum atomic E-state index is -0.413. The first-order valence-corrected chi connectivity index (χ1v) is 7.50. The van der Waals surface area contributed by atoms with Crippen molar-refractivity contribution in [2.75, 3.05) is 6.61 Å². The molecule has 0 bridgehead atoms. The van der Waals surface area contributed by atoms with Crippen LogP contribution in [0.2, 0.25) is 0 Å². The molecule has 0 spiro atoms. The third-order valence-electron chi connectivity index (χ3n) is 3.19. The molecule has 3 aromatic rings. The van der Waals surface area contributed by atoms with E-state index in [9.17, 15) is 9.90 Å². The van der Waals surface area contributed by atoms with Crippen molar-refractivity contribution >= 4 is 27.4 Å². The number of carbonyl (C=O) groups is 1. The van der Waals surface area contributed by atoms with Crippen molar-refractivity contribution in [1.82, 2.24) is 0 Å². The van der Waals surface area contributed by atoms with Crippen LogP contribution in [0.5, 0.6) is 5.75 Å². The summed E-state index contributed by atoms with van der Waals surface area (Å²) in [6.45, 7) is 2.08. The number of phenolic OH excluding ortho intramolecular Hbond substituents is 1. The van der Waals surface area contributed by atoms with E-state index in [2.05, 4.69) is 0 Å². The number of hydrogen-bond donors (Lipinski definition) is 1. The minimum Gasteiger partial charge on any atom is -0.507 e. The first-order valence-electron chi connectivity index (χ1n) is 6.68. The summed E-state index contributed by atoms with van der Waals surface area (Å²) in [5, 5.41) is 10.9. The van der Waals surface area contributed by atoms with E-state index in [-0.39, 0.29) is 5.75 Å². The van der Waals surface area contributed by atoms with Crippen molar-refractivity contribution in [2.45, 2.75) is 6.92 Å². The van der Waals surface area contributed by atoms with Gasteiger partial charge in [-0.1, -0.05) is 30.3 Å². The van der Waals surface area contributed by atoms with Gasteiger partial charge < -0.3 is 9.84 Å². The number of carbonyl (C=O) groups excluding carboxylic acids is 1. The highest BCUT2D eigenvalue weighted by molar-refractivity contribution is 7.22. The van der Waals surface area contributed by atoms with Crippen LogP contribution in [0.4, 0.5) is 0 Å². The molecule has 1 aromatic heterocycles. The summed E-state index contributed by atoms with van der Waals surface area (Å²) in [7, 11) is 0. The second-order valence-electron chi connectivity index (χ2n) is 4.60. The first kappa shape index (κ1) is 13.6. The molecule has 0 saturated heterocycles. The number of benzene rings is 2. The molecule has 0 atom stereocenters. The maximum Gasteiger partial charge on any atom is 0.338 e. The Balaban J connectivity index is 2.09. The van der Waals surface area contributed by atoms with Crippen LogP contribution in [0, 0.1) is 0 Å². The average Bonchev–Trinajstić information content (AvgIpc) is 2.93. The van der Waals surface area contributed by atoms with Gasteiger partial charge in [-0.05, 0) is 30.7 Å². The third kappa shape index (κ3) is 2.62. The van der Waals surface area contributed by atoms with E-state index in [4.69, 9.17) is 4.74 Å². The molecule has 3 nitrogen and oxygen atoms in total. The Morgan fingerprint density at radius 3 is 2.67 bits per heavy atom. The molecule has 0 aliphatic heterocycles. The number of aromatic hydroxyl groups is 1. The van der Waals surface area contributed by atoms with Gasteiger partial charge in [0.15, 0.2) is 0 Å². The molecule has 1 heterocycles. The van der Waals surface area contributed by atoms with Gasteiger partial charge in [0.1, 0.15) is 5.75 Å². The van der Waals surface area contributed by atoms with E-state index in [0.717, 1.165) is 20.5 Å². The van der Waals surface area contributed by atoms with Crippen LogP contribution in [0.1, 0.15) is 17.3 Å². The zero-order chi connectivity index (χ0) is 14.8. The number of ether oxygens (including phenoxy) is 1. The lowest BCUT2D eigenvalue weighted by Gasteiger charge is -2.02. The smallest absolute Gasteiger partial charge is 0.338 e. The van der Waals surface area contributed by atoms with Gasteiger partial charge in [0.05, 0.1) is 12.2 Å². The maximum atomic E-state index is 11.8. The molecular weight excluding hydrogens is 284 g/mol. The Bertz CT molecular complexity index is 790. The predicted molar refractivity (Wildman–Crippen MR) is 84.9 cm³/mol. The minimum absolute atomic E-state index is 0.106. The van der Waals surface area contributed by atoms with Crippen LogP contribution in [-0.4, -0.2) is 17.7 Å². The normalized spacial score (nSPS) is 10.7. The fourth-order valence-electron chi connectivity index (χ4n) is 2.20. The Kier molecular flexibility index (Phi) is 3.62. The van der Waals surface area contributed by atoms with Crippen molar-refractivity contribution in [3.63, 3.8) is 0 Å². The van der Waals surface area contributed by atoms with Gasteiger partial charge in [-0.25, -0.2) is 4.79 Å². The van der Waals surface area contributed by atoms with Crippen LogP contribution in [0.25, 0.3) is 20.5 Å². The SMILES string of the molecule is CCOC(=O)c1cc(O)c2cc(-c3ccccc3)sc2c1. The molecule has 1 N–H and O–H groups in total. The molecular formula is C17H14O3S. The highest BCUT2D eigenvalue weighted by atomic mass is 32.1. The van der Waals surface area contributed by atoms with Crippen molar-refractivity contribution in [3.8, 4) is 16.2 Å². The quantitative estimate of drug-likeness (QED) is 0.727. The van der Waals surface area contributed by atoms with E-state index in [0.29, 0.717) is 12.2 Å². The second-order valence-corrected chi connectivity index (χ2v) is 5.69. The number of phenols is 1. The lowest BCUT2D eigenvalue weighted by molar-refractivity contribution is 0.0526. The van der Waals surface area contributed by atoms with Gasteiger partial charge in [0.25, 0.3) is 0 Å². The lowest BCUT2D eigenvalue weighted by Crippen LogP contribution is -2.03. The Hall–Kier alpha value is -2.33. The summed E-state index contributed by atoms with van der Waals surface area (Å²) in [5.41, 5.74) is 1.47. The highest BCUT2D eigenvalue weighted by Gasteiger charge is 2.13. The monoisotopic (exact) mass is 298 g/mol. The van der Waals surface area contributed by atoms with Gasteiger partial charge in [-0.3, -0.25) is 0 Å². The Morgan fingerprint density at radius 1 is 1.19 bits per heavy atom. The van der Waals surface area contributed by atoms with Gasteiger partial charge in [-0.15, -0.1) is 11.3 Å². The van der Waals surface area contributed by atoms with Crippen molar-refractivity contribution in [1.29, 1.82) is 0 Å². The lowest BCUT2D eigenvalue weighted by atomic mass is 10.1. The summed E-state index contributed by atoms with van der Waals surface area (Å²) in [6.07, 6.45) is 0. The molecule has 3 rings (SSSR count). The van der Waals surface area contributed by atoms with Crippen LogP contribution in [0.15, 0.2) is 48.5 Å². The van der Waals surface area contributed by atoms with E-state index >= 15 is 0 Å². The Labute approximate surface area is 126 Å². The van der Waals surface area contributed by atoms with E-state index < -0.39 is 5.97 Å². The number of hydrogen-bond acceptors (Lipinski definition) is 4. The summed E-state index contributed by atoms with van der Waals surface area (Å²) in [4.78, 5) is 12.8. The molecule has 0 unspecified atom stereocenters. The molecule has 2 aromatic carbocycles. The molecule has 0 aliphatic carbocycles. The van der Waals surface area contributed by atoms with Gasteiger partial charge in [0.2, 0.25) is 0 Å². The molecule has 0 radical (unpaired) electrons. The predicted octanol–water partition coefficient (Wildman–Crippen LogP) is 4.45. The molecule has 0 fully saturated rings. The summed E-state index contributed by atoms with van der Waals surface area (Å²) in [6, 6.07) is 15.1. The Morgan fingerprint density at radius 2 is 1.95 bits per heavy atom. The van der Waals surface area contributed by atoms with Crippen LogP contribution in [-0.2, 0) is 4.74 Å². The molecule has 0 saturated carbocycles. The van der Waals surface area contributed by atoms with Crippen LogP contribution >= 0.6 is 11.3 Å². The van der Waals surface area contributed by atoms with E-state index in [1.807, 2.05) is 36.4 Å². The van der Waals surface area contributed by atoms with Gasteiger partial charge in [0, 0.05) is 15.0 Å². The number of rotatable bonds is 3. The number of esters is 1. The third-order valence-corrected chi connectivity index (χ3v) is 4.32. The topological polar surface area (TPSA) is 46.5 Å². The zero-order valence-corrected chi connectivity index (χ0v) is 12.3. The van der Waals surface area contributed by atoms with Gasteiger partial charge >= 0.3 is 5.97 Å². The van der Waals surface area contributed by atoms with Crippen molar-refractivity contribution < 1.29 is 14.6 Å². The van der Waals surface area contributed by atoms with Gasteiger partial charge in [-0.2, -0.15) is 0 Å². The average molecular weight is 298 g/mol. The van der Waals surface area contributed by atoms with Crippen LogP contribution in [0.3, 0.4) is 0 Å². The van der Waals surface area contributed by atoms with Crippen LogP contribution < -0.4 is 0 Å². The van der Waals surface area contributed by atoms with E-state index in [1.165, 1.54) is 6.07 Å². The largest absolute Gasteiger partial charge is 0.507 e. The number of fused-ring (bicyclic) bond motifs is 1. The fourth-order valence-corrected chi connectivity index (χ4v) is 3.32. The van der Waals surface area contributed by atoms with Crippen molar-refractivity contribution in [3.05, 3.63) is 54.1 Å². The zero-order valence-electron chi connectivity index (χ0n) is 11.5. The number of thiophene rings is 1. The maximum absolute atomic E-state index is 11.8. The molecule has 0 aliphatic rings. The standard InChI is InChI=1S/C17H14O3S/c1-2-20-17(19)12-8-14(18)13-10-15(21-16(13)9-12)11-6-4-3-5-7-11/h3-10,18H,2H2,1H3. The van der Waals surface area contributed by atoms with Crippen molar-refractivity contribution in [2.24, 2.45) is 0 Å². The van der Waals surface area contributed by atoms with E-state index in [1.54, 1.807) is 24.3 Å². The molecule has 21 heavy (non-hydrogen) atoms. The molecule has 106 valence electrons.